The van der Waals surface area contributed by atoms with E-state index in [-0.39, 0.29) is 18.4 Å². The number of nitrogens with zero attached hydrogens (tertiary/aromatic N) is 2. The summed E-state index contributed by atoms with van der Waals surface area (Å²) < 4.78 is 0. The molecule has 0 fully saturated rings. The topological polar surface area (TPSA) is 51.8 Å². The monoisotopic (exact) mass is 173 g/mol. The van der Waals surface area contributed by atoms with Crippen LogP contribution in [-0.2, 0) is 0 Å². The largest absolute Gasteiger partial charge is 0.324 e. The molecule has 2 N–H and O–H groups in total. The maximum Gasteiger partial charge on any atom is 0.125 e. The standard InChI is InChI=1S/C7H11N3.ClH/c1-5(8)7-3-9-6(2)10-4-7;/h3-5H,8H2,1-2H3;1H/t5-;/m0./s1. The second-order valence-corrected chi connectivity index (χ2v) is 2.35. The molecule has 11 heavy (non-hydrogen) atoms. The normalized spacial score (nSPS) is 11.9. The second-order valence-electron chi connectivity index (χ2n) is 2.35. The van der Waals surface area contributed by atoms with Gasteiger partial charge < -0.3 is 5.73 Å². The van der Waals surface area contributed by atoms with E-state index in [4.69, 9.17) is 5.73 Å². The summed E-state index contributed by atoms with van der Waals surface area (Å²) in [7, 11) is 0. The van der Waals surface area contributed by atoms with Crippen molar-refractivity contribution < 1.29 is 0 Å². The van der Waals surface area contributed by atoms with Gasteiger partial charge in [-0.05, 0) is 13.8 Å². The number of aromatic nitrogens is 2. The van der Waals surface area contributed by atoms with Crippen molar-refractivity contribution in [3.05, 3.63) is 23.8 Å². The smallest absolute Gasteiger partial charge is 0.125 e. The minimum absolute atomic E-state index is 0. The van der Waals surface area contributed by atoms with E-state index in [1.165, 1.54) is 0 Å². The van der Waals surface area contributed by atoms with Crippen molar-refractivity contribution in [3.63, 3.8) is 0 Å². The fourth-order valence-corrected chi connectivity index (χ4v) is 0.638. The van der Waals surface area contributed by atoms with Crippen LogP contribution in [0.2, 0.25) is 0 Å². The van der Waals surface area contributed by atoms with Gasteiger partial charge in [0.2, 0.25) is 0 Å². The van der Waals surface area contributed by atoms with E-state index >= 15 is 0 Å². The van der Waals surface area contributed by atoms with Crippen molar-refractivity contribution in [2.45, 2.75) is 19.9 Å². The summed E-state index contributed by atoms with van der Waals surface area (Å²) in [5.41, 5.74) is 6.56. The third-order valence-electron chi connectivity index (χ3n) is 1.33. The molecular formula is C7H12ClN3. The molecule has 62 valence electrons. The molecule has 0 aliphatic heterocycles. The third-order valence-corrected chi connectivity index (χ3v) is 1.33. The first kappa shape index (κ1) is 10.3. The molecule has 0 saturated carbocycles. The van der Waals surface area contributed by atoms with Crippen LogP contribution in [0.15, 0.2) is 12.4 Å². The predicted octanol–water partition coefficient (Wildman–Crippen LogP) is 1.23. The van der Waals surface area contributed by atoms with E-state index in [1.54, 1.807) is 12.4 Å². The lowest BCUT2D eigenvalue weighted by Crippen LogP contribution is -2.06. The van der Waals surface area contributed by atoms with Crippen LogP contribution in [0.4, 0.5) is 0 Å². The highest BCUT2D eigenvalue weighted by Gasteiger charge is 1.97. The molecule has 0 aromatic carbocycles. The van der Waals surface area contributed by atoms with Crippen LogP contribution in [0.25, 0.3) is 0 Å². The van der Waals surface area contributed by atoms with Gasteiger partial charge in [-0.1, -0.05) is 0 Å². The molecule has 1 heterocycles. The summed E-state index contributed by atoms with van der Waals surface area (Å²) in [4.78, 5) is 8.02. The molecule has 1 aromatic rings. The first-order valence-electron chi connectivity index (χ1n) is 3.24. The highest BCUT2D eigenvalue weighted by atomic mass is 35.5. The van der Waals surface area contributed by atoms with Gasteiger partial charge in [-0.3, -0.25) is 0 Å². The van der Waals surface area contributed by atoms with E-state index in [2.05, 4.69) is 9.97 Å². The Hall–Kier alpha value is -0.670. The Kier molecular flexibility index (Phi) is 4.00. The number of aryl methyl sites for hydroxylation is 1. The van der Waals surface area contributed by atoms with Gasteiger partial charge in [0, 0.05) is 24.0 Å². The number of hydrogen-bond donors (Lipinski definition) is 1. The summed E-state index contributed by atoms with van der Waals surface area (Å²) in [6.45, 7) is 3.76. The Balaban J connectivity index is 0.000001000. The van der Waals surface area contributed by atoms with Crippen LogP contribution >= 0.6 is 12.4 Å². The van der Waals surface area contributed by atoms with E-state index in [1.807, 2.05) is 13.8 Å². The van der Waals surface area contributed by atoms with Crippen molar-refractivity contribution in [2.75, 3.05) is 0 Å². The number of rotatable bonds is 1. The van der Waals surface area contributed by atoms with E-state index in [9.17, 15) is 0 Å². The fourth-order valence-electron chi connectivity index (χ4n) is 0.638. The molecule has 0 aliphatic rings. The lowest BCUT2D eigenvalue weighted by atomic mass is 10.2. The summed E-state index contributed by atoms with van der Waals surface area (Å²) in [6.07, 6.45) is 3.51. The molecular weight excluding hydrogens is 162 g/mol. The zero-order valence-corrected chi connectivity index (χ0v) is 7.43. The van der Waals surface area contributed by atoms with Gasteiger partial charge in [-0.2, -0.15) is 0 Å². The predicted molar refractivity (Wildman–Crippen MR) is 46.6 cm³/mol. The van der Waals surface area contributed by atoms with Crippen molar-refractivity contribution in [2.24, 2.45) is 5.73 Å². The zero-order chi connectivity index (χ0) is 7.56. The SMILES string of the molecule is Cc1ncc([C@H](C)N)cn1.Cl. The molecule has 4 heteroatoms. The van der Waals surface area contributed by atoms with Gasteiger partial charge in [0.15, 0.2) is 0 Å². The number of halogens is 1. The third kappa shape index (κ3) is 2.82. The molecule has 0 spiro atoms. The number of hydrogen-bond acceptors (Lipinski definition) is 3. The quantitative estimate of drug-likeness (QED) is 0.695. The molecule has 3 nitrogen and oxygen atoms in total. The molecule has 0 amide bonds. The average Bonchev–Trinajstić information content (AvgIpc) is 1.88. The molecule has 0 unspecified atom stereocenters. The Morgan fingerprint density at radius 2 is 1.82 bits per heavy atom. The van der Waals surface area contributed by atoms with Crippen LogP contribution in [0, 0.1) is 6.92 Å². The second kappa shape index (κ2) is 4.26. The Morgan fingerprint density at radius 3 is 2.18 bits per heavy atom. The highest BCUT2D eigenvalue weighted by Crippen LogP contribution is 2.04. The maximum absolute atomic E-state index is 5.58. The maximum atomic E-state index is 5.58. The van der Waals surface area contributed by atoms with Gasteiger partial charge in [0.1, 0.15) is 5.82 Å². The van der Waals surface area contributed by atoms with Gasteiger partial charge in [0.25, 0.3) is 0 Å². The first-order chi connectivity index (χ1) is 4.70. The average molecular weight is 174 g/mol. The van der Waals surface area contributed by atoms with Crippen LogP contribution in [0.5, 0.6) is 0 Å². The minimum Gasteiger partial charge on any atom is -0.324 e. The van der Waals surface area contributed by atoms with E-state index in [0.717, 1.165) is 11.4 Å². The summed E-state index contributed by atoms with van der Waals surface area (Å²) in [6, 6.07) is 0.0283. The van der Waals surface area contributed by atoms with Crippen molar-refractivity contribution >= 4 is 12.4 Å². The van der Waals surface area contributed by atoms with Crippen molar-refractivity contribution in [3.8, 4) is 0 Å². The molecule has 1 aromatic heterocycles. The molecule has 0 radical (unpaired) electrons. The van der Waals surface area contributed by atoms with Crippen LogP contribution < -0.4 is 5.73 Å². The van der Waals surface area contributed by atoms with Gasteiger partial charge in [-0.15, -0.1) is 12.4 Å². The fraction of sp³-hybridized carbons (Fsp3) is 0.429. The molecule has 1 atom stereocenters. The molecule has 0 bridgehead atoms. The summed E-state index contributed by atoms with van der Waals surface area (Å²) in [5, 5.41) is 0. The van der Waals surface area contributed by atoms with Crippen molar-refractivity contribution in [1.29, 1.82) is 0 Å². The van der Waals surface area contributed by atoms with Crippen LogP contribution in [-0.4, -0.2) is 9.97 Å². The van der Waals surface area contributed by atoms with Gasteiger partial charge in [0.05, 0.1) is 0 Å². The van der Waals surface area contributed by atoms with E-state index in [0.29, 0.717) is 0 Å². The zero-order valence-electron chi connectivity index (χ0n) is 6.61. The summed E-state index contributed by atoms with van der Waals surface area (Å²) >= 11 is 0. The Morgan fingerprint density at radius 1 is 1.36 bits per heavy atom. The van der Waals surface area contributed by atoms with Gasteiger partial charge in [-0.25, -0.2) is 9.97 Å². The molecule has 1 rings (SSSR count). The van der Waals surface area contributed by atoms with Crippen LogP contribution in [0.3, 0.4) is 0 Å². The minimum atomic E-state index is 0. The Bertz CT molecular complexity index is 207. The first-order valence-corrected chi connectivity index (χ1v) is 3.24. The van der Waals surface area contributed by atoms with Gasteiger partial charge >= 0.3 is 0 Å². The highest BCUT2D eigenvalue weighted by molar-refractivity contribution is 5.85. The Labute approximate surface area is 72.5 Å². The lowest BCUT2D eigenvalue weighted by Gasteiger charge is -2.02. The molecule has 0 saturated heterocycles. The van der Waals surface area contributed by atoms with Crippen molar-refractivity contribution in [1.82, 2.24) is 9.97 Å². The lowest BCUT2D eigenvalue weighted by molar-refractivity contribution is 0.797. The summed E-state index contributed by atoms with van der Waals surface area (Å²) in [5.74, 6) is 0.782. The number of nitrogens with two attached hydrogens (primary N) is 1. The van der Waals surface area contributed by atoms with E-state index < -0.39 is 0 Å². The molecule has 0 aliphatic carbocycles. The van der Waals surface area contributed by atoms with Crippen LogP contribution in [0.1, 0.15) is 24.4 Å².